The second kappa shape index (κ2) is 15.4. The van der Waals surface area contributed by atoms with Gasteiger partial charge in [-0.05, 0) is 62.9 Å². The van der Waals surface area contributed by atoms with Crippen LogP contribution in [0.4, 0.5) is 10.1 Å². The second-order valence-corrected chi connectivity index (χ2v) is 8.67. The lowest BCUT2D eigenvalue weighted by atomic mass is 9.97. The van der Waals surface area contributed by atoms with Gasteiger partial charge in [-0.15, -0.1) is 0 Å². The Bertz CT molecular complexity index is 1360. The summed E-state index contributed by atoms with van der Waals surface area (Å²) in [5.74, 6) is -0.276. The van der Waals surface area contributed by atoms with Crippen molar-refractivity contribution >= 4 is 28.8 Å². The molecule has 0 fully saturated rings. The van der Waals surface area contributed by atoms with E-state index in [9.17, 15) is 14.0 Å². The first kappa shape index (κ1) is 31.2. The molecule has 39 heavy (non-hydrogen) atoms. The highest BCUT2D eigenvalue weighted by Gasteiger charge is 2.24. The topological polar surface area (TPSA) is 88.6 Å². The number of halogens is 1. The number of aldehydes is 1. The van der Waals surface area contributed by atoms with Crippen LogP contribution in [0, 0.1) is 5.82 Å². The van der Waals surface area contributed by atoms with Gasteiger partial charge >= 0.3 is 0 Å². The molecule has 0 atom stereocenters. The molecule has 0 aliphatic carbocycles. The Morgan fingerprint density at radius 1 is 0.949 bits per heavy atom. The molecular formula is C32H40FN3O3. The van der Waals surface area contributed by atoms with Gasteiger partial charge in [0.1, 0.15) is 23.4 Å². The summed E-state index contributed by atoms with van der Waals surface area (Å²) in [6.07, 6.45) is 3.46. The van der Waals surface area contributed by atoms with Crippen molar-refractivity contribution in [2.45, 2.75) is 40.5 Å². The van der Waals surface area contributed by atoms with Gasteiger partial charge in [0, 0.05) is 54.0 Å². The Morgan fingerprint density at radius 2 is 1.59 bits per heavy atom. The number of nitrogens with one attached hydrogen (secondary N) is 1. The maximum atomic E-state index is 13.5. The average molecular weight is 534 g/mol. The van der Waals surface area contributed by atoms with E-state index in [0.717, 1.165) is 36.2 Å². The smallest absolute Gasteiger partial charge is 0.255 e. The molecule has 1 aromatic heterocycles. The number of anilines is 1. The molecule has 0 spiro atoms. The highest BCUT2D eigenvalue weighted by Crippen LogP contribution is 2.41. The molecule has 6 nitrogen and oxygen atoms in total. The van der Waals surface area contributed by atoms with E-state index in [-0.39, 0.29) is 11.7 Å². The van der Waals surface area contributed by atoms with Gasteiger partial charge in [-0.1, -0.05) is 44.9 Å². The van der Waals surface area contributed by atoms with Gasteiger partial charge < -0.3 is 20.4 Å². The fourth-order valence-corrected chi connectivity index (χ4v) is 4.12. The molecule has 4 rings (SSSR count). The molecule has 3 N–H and O–H groups in total. The molecule has 0 aliphatic heterocycles. The number of carbonyl (C=O) groups is 2. The molecule has 0 aliphatic rings. The van der Waals surface area contributed by atoms with E-state index in [2.05, 4.69) is 43.6 Å². The number of rotatable bonds is 8. The Morgan fingerprint density at radius 3 is 2.13 bits per heavy atom. The predicted octanol–water partition coefficient (Wildman–Crippen LogP) is 7.31. The van der Waals surface area contributed by atoms with Crippen LogP contribution in [0.1, 0.15) is 61.3 Å². The number of furan rings is 1. The Kier molecular flexibility index (Phi) is 12.4. The van der Waals surface area contributed by atoms with Crippen LogP contribution in [0.2, 0.25) is 0 Å². The highest BCUT2D eigenvalue weighted by atomic mass is 19.1. The van der Waals surface area contributed by atoms with Gasteiger partial charge in [0.05, 0.1) is 5.56 Å². The molecule has 3 aromatic carbocycles. The predicted molar refractivity (Wildman–Crippen MR) is 160 cm³/mol. The quantitative estimate of drug-likeness (QED) is 0.232. The third-order valence-corrected chi connectivity index (χ3v) is 6.30. The zero-order valence-electron chi connectivity index (χ0n) is 23.8. The molecule has 208 valence electrons. The van der Waals surface area contributed by atoms with Crippen molar-refractivity contribution in [1.82, 2.24) is 5.32 Å². The van der Waals surface area contributed by atoms with E-state index in [4.69, 9.17) is 4.42 Å². The lowest BCUT2D eigenvalue weighted by molar-refractivity contribution is 0.0964. The third-order valence-electron chi connectivity index (χ3n) is 6.30. The van der Waals surface area contributed by atoms with Crippen LogP contribution in [0.25, 0.3) is 33.4 Å². The normalized spacial score (nSPS) is 10.2. The first-order chi connectivity index (χ1) is 18.9. The van der Waals surface area contributed by atoms with Crippen molar-refractivity contribution < 1.29 is 18.4 Å². The maximum Gasteiger partial charge on any atom is 0.255 e. The molecule has 1 heterocycles. The van der Waals surface area contributed by atoms with E-state index in [1.165, 1.54) is 32.0 Å². The third kappa shape index (κ3) is 7.33. The lowest BCUT2D eigenvalue weighted by Gasteiger charge is -2.24. The highest BCUT2D eigenvalue weighted by molar-refractivity contribution is 6.13. The van der Waals surface area contributed by atoms with Crippen molar-refractivity contribution in [1.29, 1.82) is 0 Å². The molecule has 0 bridgehead atoms. The molecule has 0 radical (unpaired) electrons. The van der Waals surface area contributed by atoms with Crippen molar-refractivity contribution in [2.75, 3.05) is 32.1 Å². The number of unbranched alkanes of at least 4 members (excludes halogenated alkanes) is 1. The standard InChI is InChI=1S/C27H25FN2O3.C4H10.CH5N/c1-4-30(5-2)23-15-24-22(14-21(23)19-8-6-7-17(13-19)16-31)25(27(32)29-3)26(33-24)18-9-11-20(28)12-10-18;1-3-4-2;1-2/h6-16H,4-5H2,1-3H3,(H,29,32);3-4H2,1-2H3;2H2,1H3. The van der Waals surface area contributed by atoms with Crippen LogP contribution in [0.15, 0.2) is 65.1 Å². The molecule has 7 heteroatoms. The molecular weight excluding hydrogens is 493 g/mol. The van der Waals surface area contributed by atoms with E-state index in [1.807, 2.05) is 30.3 Å². The van der Waals surface area contributed by atoms with Crippen molar-refractivity contribution in [2.24, 2.45) is 5.73 Å². The summed E-state index contributed by atoms with van der Waals surface area (Å²) < 4.78 is 19.7. The summed E-state index contributed by atoms with van der Waals surface area (Å²) in [4.78, 5) is 26.5. The van der Waals surface area contributed by atoms with Crippen LogP contribution < -0.4 is 16.0 Å². The van der Waals surface area contributed by atoms with Crippen LogP contribution in [0.3, 0.4) is 0 Å². The van der Waals surface area contributed by atoms with Crippen molar-refractivity contribution in [3.63, 3.8) is 0 Å². The van der Waals surface area contributed by atoms with Gasteiger partial charge in [-0.2, -0.15) is 0 Å². The zero-order valence-corrected chi connectivity index (χ0v) is 23.8. The number of nitrogens with zero attached hydrogens (tertiary/aromatic N) is 1. The first-order valence-electron chi connectivity index (χ1n) is 13.4. The van der Waals surface area contributed by atoms with E-state index >= 15 is 0 Å². The number of nitrogens with two attached hydrogens (primary N) is 1. The molecule has 0 unspecified atom stereocenters. The summed E-state index contributed by atoms with van der Waals surface area (Å²) >= 11 is 0. The van der Waals surface area contributed by atoms with Crippen LogP contribution >= 0.6 is 0 Å². The number of benzene rings is 3. The lowest BCUT2D eigenvalue weighted by Crippen LogP contribution is -2.22. The second-order valence-electron chi connectivity index (χ2n) is 8.67. The summed E-state index contributed by atoms with van der Waals surface area (Å²) in [5, 5.41) is 3.34. The van der Waals surface area contributed by atoms with Gasteiger partial charge in [0.2, 0.25) is 0 Å². The SMILES string of the molecule is CCCC.CCN(CC)c1cc2oc(-c3ccc(F)cc3)c(C(=O)NC)c2cc1-c1cccc(C=O)c1.CN. The zero-order chi connectivity index (χ0) is 28.9. The Labute approximate surface area is 231 Å². The fraction of sp³-hybridized carbons (Fsp3) is 0.312. The summed E-state index contributed by atoms with van der Waals surface area (Å²) in [5.41, 5.74) is 9.34. The average Bonchev–Trinajstić information content (AvgIpc) is 3.37. The minimum absolute atomic E-state index is 0.295. The van der Waals surface area contributed by atoms with Gasteiger partial charge in [-0.25, -0.2) is 4.39 Å². The minimum Gasteiger partial charge on any atom is -0.455 e. The molecule has 4 aromatic rings. The number of carbonyl (C=O) groups excluding carboxylic acids is 2. The fourth-order valence-electron chi connectivity index (χ4n) is 4.12. The number of amides is 1. The molecule has 0 saturated carbocycles. The van der Waals surface area contributed by atoms with Gasteiger partial charge in [-0.3, -0.25) is 9.59 Å². The van der Waals surface area contributed by atoms with Crippen LogP contribution in [0.5, 0.6) is 0 Å². The van der Waals surface area contributed by atoms with E-state index in [1.54, 1.807) is 25.2 Å². The monoisotopic (exact) mass is 533 g/mol. The van der Waals surface area contributed by atoms with Crippen LogP contribution in [-0.2, 0) is 0 Å². The minimum atomic E-state index is -0.363. The largest absolute Gasteiger partial charge is 0.455 e. The van der Waals surface area contributed by atoms with Gasteiger partial charge in [0.25, 0.3) is 5.91 Å². The summed E-state index contributed by atoms with van der Waals surface area (Å²) in [6, 6.07) is 17.1. The van der Waals surface area contributed by atoms with E-state index in [0.29, 0.717) is 33.4 Å². The van der Waals surface area contributed by atoms with Crippen molar-refractivity contribution in [3.05, 3.63) is 77.6 Å². The molecule has 1 amide bonds. The maximum absolute atomic E-state index is 13.5. The number of fused-ring (bicyclic) bond motifs is 1. The van der Waals surface area contributed by atoms with Crippen LogP contribution in [-0.4, -0.2) is 39.4 Å². The van der Waals surface area contributed by atoms with Gasteiger partial charge in [0.15, 0.2) is 0 Å². The van der Waals surface area contributed by atoms with Crippen molar-refractivity contribution in [3.8, 4) is 22.5 Å². The summed E-state index contributed by atoms with van der Waals surface area (Å²) in [6.45, 7) is 10.1. The Balaban J connectivity index is 0.000000815. The van der Waals surface area contributed by atoms with E-state index < -0.39 is 0 Å². The summed E-state index contributed by atoms with van der Waals surface area (Å²) in [7, 11) is 3.06. The Hall–Kier alpha value is -3.97. The number of hydrogen-bond acceptors (Lipinski definition) is 5. The molecule has 0 saturated heterocycles. The first-order valence-corrected chi connectivity index (χ1v) is 13.4. The number of hydrogen-bond donors (Lipinski definition) is 2.